The molecule has 2 heterocycles. The minimum absolute atomic E-state index is 0.0569. The molecule has 2 aromatic heterocycles. The summed E-state index contributed by atoms with van der Waals surface area (Å²) in [6.45, 7) is 1.74. The van der Waals surface area contributed by atoms with Crippen molar-refractivity contribution in [2.24, 2.45) is 0 Å². The minimum atomic E-state index is -1.51. The van der Waals surface area contributed by atoms with E-state index in [4.69, 9.17) is 11.6 Å². The molecule has 0 spiro atoms. The van der Waals surface area contributed by atoms with Crippen molar-refractivity contribution in [3.63, 3.8) is 0 Å². The van der Waals surface area contributed by atoms with E-state index >= 15 is 0 Å². The Labute approximate surface area is 195 Å². The Hall–Kier alpha value is -2.97. The number of carbonyl (C=O) groups excluding carboxylic acids is 1. The number of aromatic nitrogens is 3. The Kier molecular flexibility index (Phi) is 6.67. The SMILES string of the molecule is Cc1ccc(-c2ncccn2)c(C(=O)NC(c2cccc(F)c2Cl)[C@]2(O)CC[C@H](F)CC2)n1. The van der Waals surface area contributed by atoms with Crippen molar-refractivity contribution in [3.8, 4) is 11.4 Å². The predicted molar refractivity (Wildman–Crippen MR) is 120 cm³/mol. The first-order chi connectivity index (χ1) is 15.8. The number of aryl methyl sites for hydroxylation is 1. The maximum atomic E-state index is 14.3. The quantitative estimate of drug-likeness (QED) is 0.559. The summed E-state index contributed by atoms with van der Waals surface area (Å²) in [5, 5.41) is 14.0. The molecule has 0 bridgehead atoms. The van der Waals surface area contributed by atoms with Crippen LogP contribution < -0.4 is 5.32 Å². The molecule has 1 saturated carbocycles. The summed E-state index contributed by atoms with van der Waals surface area (Å²) in [7, 11) is 0. The molecule has 0 radical (unpaired) electrons. The van der Waals surface area contributed by atoms with Crippen LogP contribution in [0.25, 0.3) is 11.4 Å². The van der Waals surface area contributed by atoms with E-state index in [0.717, 1.165) is 0 Å². The van der Waals surface area contributed by atoms with Crippen molar-refractivity contribution in [1.29, 1.82) is 0 Å². The third-order valence-corrected chi connectivity index (χ3v) is 6.34. The Morgan fingerprint density at radius 3 is 2.58 bits per heavy atom. The van der Waals surface area contributed by atoms with Crippen LogP contribution in [0.5, 0.6) is 0 Å². The highest BCUT2D eigenvalue weighted by Gasteiger charge is 2.43. The summed E-state index contributed by atoms with van der Waals surface area (Å²) in [5.74, 6) is -0.974. The molecule has 172 valence electrons. The number of nitrogens with zero attached hydrogens (tertiary/aromatic N) is 3. The molecule has 0 aliphatic heterocycles. The zero-order valence-corrected chi connectivity index (χ0v) is 18.7. The standard InChI is InChI=1S/C24H23ClF2N4O2/c1-14-6-7-17(22-28-12-3-13-29-22)20(30-14)23(32)31-21(16-4-2-5-18(27)19(16)25)24(33)10-8-15(26)9-11-24/h2-7,12-13,15,21,33H,8-11H2,1H3,(H,31,32)/t15-,21?,24-. The van der Waals surface area contributed by atoms with E-state index in [2.05, 4.69) is 20.3 Å². The Bertz CT molecular complexity index is 1150. The fourth-order valence-electron chi connectivity index (χ4n) is 4.16. The highest BCUT2D eigenvalue weighted by Crippen LogP contribution is 2.42. The smallest absolute Gasteiger partial charge is 0.271 e. The van der Waals surface area contributed by atoms with Crippen molar-refractivity contribution in [2.45, 2.75) is 50.4 Å². The van der Waals surface area contributed by atoms with Crippen molar-refractivity contribution in [3.05, 3.63) is 76.6 Å². The van der Waals surface area contributed by atoms with E-state index in [1.54, 1.807) is 43.6 Å². The van der Waals surface area contributed by atoms with Gasteiger partial charge in [-0.05, 0) is 62.4 Å². The molecule has 1 amide bonds. The van der Waals surface area contributed by atoms with Gasteiger partial charge < -0.3 is 10.4 Å². The summed E-state index contributed by atoms with van der Waals surface area (Å²) < 4.78 is 28.1. The third-order valence-electron chi connectivity index (χ3n) is 5.94. The summed E-state index contributed by atoms with van der Waals surface area (Å²) in [6.07, 6.45) is 2.49. The summed E-state index contributed by atoms with van der Waals surface area (Å²) >= 11 is 6.23. The first-order valence-corrected chi connectivity index (χ1v) is 11.0. The van der Waals surface area contributed by atoms with Gasteiger partial charge in [0.1, 0.15) is 17.7 Å². The number of halogens is 3. The number of carbonyl (C=O) groups is 1. The van der Waals surface area contributed by atoms with Gasteiger partial charge >= 0.3 is 0 Å². The van der Waals surface area contributed by atoms with Crippen molar-refractivity contribution in [2.75, 3.05) is 0 Å². The van der Waals surface area contributed by atoms with Gasteiger partial charge in [-0.1, -0.05) is 23.7 Å². The molecule has 1 fully saturated rings. The molecule has 0 saturated heterocycles. The second-order valence-corrected chi connectivity index (χ2v) is 8.63. The molecular weight excluding hydrogens is 450 g/mol. The summed E-state index contributed by atoms with van der Waals surface area (Å²) in [6, 6.07) is 8.20. The van der Waals surface area contributed by atoms with Crippen LogP contribution in [-0.2, 0) is 0 Å². The maximum Gasteiger partial charge on any atom is 0.271 e. The van der Waals surface area contributed by atoms with Gasteiger partial charge in [-0.25, -0.2) is 23.7 Å². The Morgan fingerprint density at radius 2 is 1.88 bits per heavy atom. The van der Waals surface area contributed by atoms with Gasteiger partial charge in [-0.2, -0.15) is 0 Å². The van der Waals surface area contributed by atoms with Gasteiger partial charge in [-0.3, -0.25) is 4.79 Å². The number of hydrogen-bond acceptors (Lipinski definition) is 5. The average Bonchev–Trinajstić information content (AvgIpc) is 2.82. The second kappa shape index (κ2) is 9.49. The Morgan fingerprint density at radius 1 is 1.18 bits per heavy atom. The van der Waals surface area contributed by atoms with Crippen LogP contribution in [0.1, 0.15) is 53.5 Å². The number of benzene rings is 1. The van der Waals surface area contributed by atoms with E-state index in [0.29, 0.717) is 17.1 Å². The molecule has 1 aromatic carbocycles. The topological polar surface area (TPSA) is 88.0 Å². The zero-order valence-electron chi connectivity index (χ0n) is 17.9. The lowest BCUT2D eigenvalue weighted by atomic mass is 9.76. The lowest BCUT2D eigenvalue weighted by Gasteiger charge is -2.41. The number of rotatable bonds is 5. The number of aliphatic hydroxyl groups is 1. The lowest BCUT2D eigenvalue weighted by molar-refractivity contribution is -0.0446. The highest BCUT2D eigenvalue weighted by atomic mass is 35.5. The molecule has 1 unspecified atom stereocenters. The highest BCUT2D eigenvalue weighted by molar-refractivity contribution is 6.31. The molecule has 2 N–H and O–H groups in total. The number of nitrogens with one attached hydrogen (secondary N) is 1. The fourth-order valence-corrected chi connectivity index (χ4v) is 4.40. The van der Waals surface area contributed by atoms with Crippen LogP contribution in [0.15, 0.2) is 48.8 Å². The van der Waals surface area contributed by atoms with Crippen molar-refractivity contribution in [1.82, 2.24) is 20.3 Å². The Balaban J connectivity index is 1.75. The lowest BCUT2D eigenvalue weighted by Crippen LogP contribution is -2.49. The van der Waals surface area contributed by atoms with Crippen LogP contribution in [-0.4, -0.2) is 37.7 Å². The van der Waals surface area contributed by atoms with E-state index in [1.807, 2.05) is 0 Å². The second-order valence-electron chi connectivity index (χ2n) is 8.25. The number of pyridine rings is 1. The van der Waals surface area contributed by atoms with Crippen LogP contribution in [0.2, 0.25) is 5.02 Å². The molecule has 1 atom stereocenters. The molecule has 6 nitrogen and oxygen atoms in total. The van der Waals surface area contributed by atoms with Crippen LogP contribution in [0.4, 0.5) is 8.78 Å². The zero-order chi connectivity index (χ0) is 23.6. The molecule has 1 aliphatic carbocycles. The number of hydrogen-bond donors (Lipinski definition) is 2. The first kappa shape index (κ1) is 23.2. The van der Waals surface area contributed by atoms with Gasteiger partial charge in [0.2, 0.25) is 0 Å². The van der Waals surface area contributed by atoms with Gasteiger partial charge in [0.05, 0.1) is 22.2 Å². The number of alkyl halides is 1. The molecule has 33 heavy (non-hydrogen) atoms. The minimum Gasteiger partial charge on any atom is -0.387 e. The fraction of sp³-hybridized carbons (Fsp3) is 0.333. The van der Waals surface area contributed by atoms with E-state index in [1.165, 1.54) is 12.1 Å². The third kappa shape index (κ3) is 4.86. The van der Waals surface area contributed by atoms with E-state index < -0.39 is 29.5 Å². The van der Waals surface area contributed by atoms with Gasteiger partial charge in [0.25, 0.3) is 5.91 Å². The summed E-state index contributed by atoms with van der Waals surface area (Å²) in [5.41, 5.74) is -0.237. The van der Waals surface area contributed by atoms with E-state index in [9.17, 15) is 18.7 Å². The van der Waals surface area contributed by atoms with Crippen LogP contribution in [0, 0.1) is 12.7 Å². The monoisotopic (exact) mass is 472 g/mol. The largest absolute Gasteiger partial charge is 0.387 e. The first-order valence-electron chi connectivity index (χ1n) is 10.6. The van der Waals surface area contributed by atoms with Crippen LogP contribution in [0.3, 0.4) is 0 Å². The van der Waals surface area contributed by atoms with Gasteiger partial charge in [0.15, 0.2) is 5.82 Å². The van der Waals surface area contributed by atoms with Gasteiger partial charge in [-0.15, -0.1) is 0 Å². The average molecular weight is 473 g/mol. The van der Waals surface area contributed by atoms with E-state index in [-0.39, 0.29) is 42.0 Å². The molecule has 3 aromatic rings. The maximum absolute atomic E-state index is 14.3. The van der Waals surface area contributed by atoms with Gasteiger partial charge in [0, 0.05) is 18.1 Å². The van der Waals surface area contributed by atoms with Crippen molar-refractivity contribution >= 4 is 17.5 Å². The molecule has 4 rings (SSSR count). The normalized spacial score (nSPS) is 21.4. The molecule has 1 aliphatic rings. The molecule has 9 heteroatoms. The van der Waals surface area contributed by atoms with Crippen molar-refractivity contribution < 1.29 is 18.7 Å². The number of amides is 1. The summed E-state index contributed by atoms with van der Waals surface area (Å²) in [4.78, 5) is 26.3. The molecular formula is C24H23ClF2N4O2. The predicted octanol–water partition coefficient (Wildman–Crippen LogP) is 4.75. The van der Waals surface area contributed by atoms with Crippen LogP contribution >= 0.6 is 11.6 Å².